The highest BCUT2D eigenvalue weighted by atomic mass is 32.2. The van der Waals surface area contributed by atoms with E-state index in [2.05, 4.69) is 40.3 Å². The molecule has 24 heavy (non-hydrogen) atoms. The van der Waals surface area contributed by atoms with E-state index in [1.54, 1.807) is 11.8 Å². The molecule has 2 aliphatic heterocycles. The van der Waals surface area contributed by atoms with Crippen LogP contribution in [0.25, 0.3) is 0 Å². The molecule has 134 valence electrons. The van der Waals surface area contributed by atoms with Crippen LogP contribution >= 0.6 is 11.8 Å². The fourth-order valence-corrected chi connectivity index (χ4v) is 4.63. The molecule has 0 amide bonds. The molecule has 0 spiro atoms. The molecule has 2 saturated heterocycles. The van der Waals surface area contributed by atoms with Crippen LogP contribution in [0.15, 0.2) is 29.2 Å². The van der Waals surface area contributed by atoms with Crippen molar-refractivity contribution in [2.24, 2.45) is 11.8 Å². The smallest absolute Gasteiger partial charge is 0.0475 e. The Bertz CT molecular complexity index is 485. The zero-order chi connectivity index (χ0) is 16.8. The summed E-state index contributed by atoms with van der Waals surface area (Å²) in [7, 11) is 0. The number of hydrogen-bond acceptors (Lipinski definition) is 4. The lowest BCUT2D eigenvalue weighted by atomic mass is 9.96. The second-order valence-electron chi connectivity index (χ2n) is 7.46. The highest BCUT2D eigenvalue weighted by Gasteiger charge is 2.33. The lowest BCUT2D eigenvalue weighted by Crippen LogP contribution is -2.34. The van der Waals surface area contributed by atoms with Gasteiger partial charge >= 0.3 is 0 Å². The van der Waals surface area contributed by atoms with Crippen LogP contribution in [0.3, 0.4) is 0 Å². The molecular weight excluding hydrogens is 316 g/mol. The van der Waals surface area contributed by atoms with Crippen LogP contribution in [0.4, 0.5) is 0 Å². The van der Waals surface area contributed by atoms with Crippen LogP contribution in [-0.2, 0) is 6.54 Å². The van der Waals surface area contributed by atoms with Gasteiger partial charge in [-0.3, -0.25) is 4.90 Å². The van der Waals surface area contributed by atoms with Gasteiger partial charge in [0, 0.05) is 37.7 Å². The predicted molar refractivity (Wildman–Crippen MR) is 102 cm³/mol. The van der Waals surface area contributed by atoms with E-state index >= 15 is 0 Å². The topological polar surface area (TPSA) is 26.7 Å². The highest BCUT2D eigenvalue weighted by Crippen LogP contribution is 2.27. The van der Waals surface area contributed by atoms with E-state index < -0.39 is 0 Å². The van der Waals surface area contributed by atoms with Crippen molar-refractivity contribution in [2.45, 2.75) is 37.1 Å². The molecule has 1 aromatic carbocycles. The van der Waals surface area contributed by atoms with Crippen LogP contribution in [0.1, 0.15) is 31.2 Å². The third-order valence-corrected chi connectivity index (χ3v) is 6.39. The Morgan fingerprint density at radius 2 is 1.62 bits per heavy atom. The molecule has 2 heterocycles. The van der Waals surface area contributed by atoms with E-state index in [4.69, 9.17) is 0 Å². The molecule has 2 atom stereocenters. The number of nitrogens with zero attached hydrogens (tertiary/aromatic N) is 2. The molecule has 3 rings (SSSR count). The molecule has 2 aliphatic rings. The van der Waals surface area contributed by atoms with E-state index in [9.17, 15) is 5.11 Å². The van der Waals surface area contributed by atoms with Gasteiger partial charge in [-0.1, -0.05) is 25.0 Å². The van der Waals surface area contributed by atoms with Gasteiger partial charge in [-0.25, -0.2) is 0 Å². The number of aliphatic hydroxyl groups excluding tert-OH is 1. The number of hydrogen-bond donors (Lipinski definition) is 1. The average Bonchev–Trinajstić information content (AvgIpc) is 2.81. The molecule has 3 nitrogen and oxygen atoms in total. The number of aliphatic hydroxyl groups is 1. The highest BCUT2D eigenvalue weighted by molar-refractivity contribution is 7.98. The van der Waals surface area contributed by atoms with Gasteiger partial charge in [-0.2, -0.15) is 0 Å². The maximum Gasteiger partial charge on any atom is 0.0475 e. The zero-order valence-electron chi connectivity index (χ0n) is 15.0. The van der Waals surface area contributed by atoms with Crippen molar-refractivity contribution in [1.29, 1.82) is 0 Å². The Morgan fingerprint density at radius 1 is 0.958 bits per heavy atom. The summed E-state index contributed by atoms with van der Waals surface area (Å²) in [5.74, 6) is 1.07. The maximum absolute atomic E-state index is 9.83. The second kappa shape index (κ2) is 9.23. The summed E-state index contributed by atoms with van der Waals surface area (Å²) in [4.78, 5) is 6.52. The number of rotatable bonds is 6. The van der Waals surface area contributed by atoms with E-state index in [1.807, 2.05) is 0 Å². The summed E-state index contributed by atoms with van der Waals surface area (Å²) in [6.07, 6.45) is 7.60. The lowest BCUT2D eigenvalue weighted by molar-refractivity contribution is 0.165. The zero-order valence-corrected chi connectivity index (χ0v) is 15.8. The molecule has 0 aliphatic carbocycles. The van der Waals surface area contributed by atoms with E-state index in [-0.39, 0.29) is 0 Å². The first-order valence-electron chi connectivity index (χ1n) is 9.47. The van der Waals surface area contributed by atoms with E-state index in [0.29, 0.717) is 18.4 Å². The van der Waals surface area contributed by atoms with Gasteiger partial charge in [0.1, 0.15) is 0 Å². The summed E-state index contributed by atoms with van der Waals surface area (Å²) in [5.41, 5.74) is 1.39. The Morgan fingerprint density at radius 3 is 2.25 bits per heavy atom. The third-order valence-electron chi connectivity index (χ3n) is 5.64. The second-order valence-corrected chi connectivity index (χ2v) is 8.34. The molecule has 0 radical (unpaired) electrons. The average molecular weight is 349 g/mol. The van der Waals surface area contributed by atoms with Gasteiger partial charge in [-0.05, 0) is 61.7 Å². The largest absolute Gasteiger partial charge is 0.396 e. The quantitative estimate of drug-likeness (QED) is 0.798. The predicted octanol–water partition coefficient (Wildman–Crippen LogP) is 3.32. The summed E-state index contributed by atoms with van der Waals surface area (Å²) in [6, 6.07) is 8.94. The number of likely N-dealkylation sites (tertiary alicyclic amines) is 2. The molecule has 4 heteroatoms. The Kier molecular flexibility index (Phi) is 7.02. The third kappa shape index (κ3) is 4.98. The van der Waals surface area contributed by atoms with Gasteiger partial charge in [0.25, 0.3) is 0 Å². The van der Waals surface area contributed by atoms with Gasteiger partial charge in [-0.15, -0.1) is 11.8 Å². The molecule has 0 unspecified atom stereocenters. The monoisotopic (exact) mass is 348 g/mol. The molecule has 0 bridgehead atoms. The molecular formula is C20H32N2OS. The summed E-state index contributed by atoms with van der Waals surface area (Å²) < 4.78 is 0. The van der Waals surface area contributed by atoms with Crippen LogP contribution < -0.4 is 0 Å². The van der Waals surface area contributed by atoms with Crippen molar-refractivity contribution >= 4 is 11.8 Å². The minimum absolute atomic E-state index is 0.334. The van der Waals surface area contributed by atoms with Crippen molar-refractivity contribution in [3.8, 4) is 0 Å². The first-order chi connectivity index (χ1) is 11.8. The van der Waals surface area contributed by atoms with Crippen molar-refractivity contribution in [3.63, 3.8) is 0 Å². The van der Waals surface area contributed by atoms with Gasteiger partial charge in [0.05, 0.1) is 0 Å². The first-order valence-corrected chi connectivity index (χ1v) is 10.7. The number of benzene rings is 1. The van der Waals surface area contributed by atoms with Crippen molar-refractivity contribution in [2.75, 3.05) is 45.6 Å². The number of thioether (sulfide) groups is 1. The normalized spacial score (nSPS) is 26.6. The SMILES string of the molecule is CSc1ccc(CN2C[C@@H](CN3CCCCCC3)[C@@H](CO)C2)cc1. The first kappa shape index (κ1) is 18.2. The van der Waals surface area contributed by atoms with E-state index in [0.717, 1.165) is 19.6 Å². The molecule has 0 aromatic heterocycles. The fraction of sp³-hybridized carbons (Fsp3) is 0.700. The molecule has 2 fully saturated rings. The van der Waals surface area contributed by atoms with Crippen LogP contribution in [0, 0.1) is 11.8 Å². The van der Waals surface area contributed by atoms with Gasteiger partial charge in [0.2, 0.25) is 0 Å². The molecule has 1 N–H and O–H groups in total. The van der Waals surface area contributed by atoms with Gasteiger partial charge < -0.3 is 10.0 Å². The molecule has 0 saturated carbocycles. The Labute approximate surface area is 151 Å². The minimum Gasteiger partial charge on any atom is -0.396 e. The Hall–Kier alpha value is -0.550. The van der Waals surface area contributed by atoms with Crippen LogP contribution in [-0.4, -0.2) is 60.5 Å². The van der Waals surface area contributed by atoms with Crippen molar-refractivity contribution < 1.29 is 5.11 Å². The van der Waals surface area contributed by atoms with Crippen molar-refractivity contribution in [3.05, 3.63) is 29.8 Å². The van der Waals surface area contributed by atoms with Crippen molar-refractivity contribution in [1.82, 2.24) is 9.80 Å². The fourth-order valence-electron chi connectivity index (χ4n) is 4.22. The minimum atomic E-state index is 0.334. The van der Waals surface area contributed by atoms with Gasteiger partial charge in [0.15, 0.2) is 0 Å². The van der Waals surface area contributed by atoms with E-state index in [1.165, 1.54) is 55.8 Å². The lowest BCUT2D eigenvalue weighted by Gasteiger charge is -2.26. The molecule has 1 aromatic rings. The maximum atomic E-state index is 9.83. The summed E-state index contributed by atoms with van der Waals surface area (Å²) in [6.45, 7) is 7.20. The van der Waals surface area contributed by atoms with Crippen LogP contribution in [0.5, 0.6) is 0 Å². The standard InChI is InChI=1S/C20H32N2OS/c1-24-20-8-6-17(7-9-20)12-22-14-18(19(15-22)16-23)13-21-10-4-2-3-5-11-21/h6-9,18-19,23H,2-5,10-16H2,1H3/t18-,19-/m1/s1. The Balaban J connectivity index is 1.54. The summed E-state index contributed by atoms with van der Waals surface area (Å²) >= 11 is 1.79. The van der Waals surface area contributed by atoms with Crippen LogP contribution in [0.2, 0.25) is 0 Å². The summed E-state index contributed by atoms with van der Waals surface area (Å²) in [5, 5.41) is 9.83.